The van der Waals surface area contributed by atoms with Crippen molar-refractivity contribution >= 4 is 86.5 Å². The molecule has 8 nitrogen and oxygen atoms in total. The summed E-state index contributed by atoms with van der Waals surface area (Å²) < 4.78 is 13.7. The number of halogens is 2. The number of benzene rings is 3. The maximum Gasteiger partial charge on any atom is 0.277 e. The monoisotopic (exact) mass is 761 g/mol. The molecule has 1 amide bonds. The molecule has 1 aliphatic rings. The van der Waals surface area contributed by atoms with Gasteiger partial charge in [0.2, 0.25) is 0 Å². The first-order valence-corrected chi connectivity index (χ1v) is 15.3. The van der Waals surface area contributed by atoms with E-state index in [0.717, 1.165) is 12.7 Å². The highest BCUT2D eigenvalue weighted by Crippen LogP contribution is 2.45. The van der Waals surface area contributed by atoms with E-state index in [4.69, 9.17) is 9.47 Å². The van der Waals surface area contributed by atoms with E-state index < -0.39 is 4.92 Å². The van der Waals surface area contributed by atoms with Crippen LogP contribution in [0, 0.1) is 17.3 Å². The number of hydrazone groups is 1. The van der Waals surface area contributed by atoms with Crippen molar-refractivity contribution in [3.8, 4) is 11.5 Å². The molecule has 0 spiro atoms. The highest BCUT2D eigenvalue weighted by Gasteiger charge is 2.18. The Morgan fingerprint density at radius 1 is 1.08 bits per heavy atom. The van der Waals surface area contributed by atoms with Gasteiger partial charge in [0.05, 0.1) is 22.9 Å². The number of carbonyl (C=O) groups is 1. The Morgan fingerprint density at radius 2 is 1.78 bits per heavy atom. The van der Waals surface area contributed by atoms with Crippen LogP contribution in [0.4, 0.5) is 5.69 Å². The highest BCUT2D eigenvalue weighted by atomic mass is 127. The van der Waals surface area contributed by atoms with Crippen LogP contribution in [0.2, 0.25) is 0 Å². The Kier molecular flexibility index (Phi) is 10.3. The zero-order chi connectivity index (χ0) is 26.2. The Morgan fingerprint density at radius 3 is 2.46 bits per heavy atom. The predicted octanol–water partition coefficient (Wildman–Crippen LogP) is 6.39. The van der Waals surface area contributed by atoms with Crippen molar-refractivity contribution in [3.63, 3.8) is 0 Å². The van der Waals surface area contributed by atoms with E-state index in [1.807, 2.05) is 59.9 Å². The van der Waals surface area contributed by atoms with Crippen LogP contribution in [0.3, 0.4) is 0 Å². The van der Waals surface area contributed by atoms with Crippen LogP contribution in [-0.4, -0.2) is 35.2 Å². The molecule has 0 aromatic heterocycles. The molecule has 0 atom stereocenters. The largest absolute Gasteiger partial charge is 0.487 e. The number of hydrogen-bond acceptors (Lipinski definition) is 8. The summed E-state index contributed by atoms with van der Waals surface area (Å²) in [6.45, 7) is 0.0710. The Balaban J connectivity index is 1.26. The number of nitrogens with one attached hydrogen (secondary N) is 1. The lowest BCUT2D eigenvalue weighted by atomic mass is 10.2. The van der Waals surface area contributed by atoms with Crippen LogP contribution in [0.15, 0.2) is 65.8 Å². The fraction of sp³-hybridized carbons (Fsp3) is 0.200. The summed E-state index contributed by atoms with van der Waals surface area (Å²) in [7, 11) is 0. The van der Waals surface area contributed by atoms with E-state index in [9.17, 15) is 14.9 Å². The lowest BCUT2D eigenvalue weighted by molar-refractivity contribution is -0.384. The first-order valence-electron chi connectivity index (χ1n) is 11.0. The topological polar surface area (TPSA) is 103 Å². The number of amides is 1. The van der Waals surface area contributed by atoms with Gasteiger partial charge in [-0.25, -0.2) is 5.43 Å². The second kappa shape index (κ2) is 13.7. The molecule has 4 rings (SSSR count). The summed E-state index contributed by atoms with van der Waals surface area (Å²) in [6, 6.07) is 18.0. The summed E-state index contributed by atoms with van der Waals surface area (Å²) in [5.74, 6) is 3.31. The van der Waals surface area contributed by atoms with Crippen molar-refractivity contribution in [1.29, 1.82) is 0 Å². The normalized spacial score (nSPS) is 13.6. The molecule has 3 aromatic rings. The molecular formula is C25H21I2N3O5S2. The van der Waals surface area contributed by atoms with Crippen LogP contribution >= 0.6 is 68.7 Å². The average molecular weight is 761 g/mol. The molecule has 3 aromatic carbocycles. The second-order valence-electron chi connectivity index (χ2n) is 7.75. The molecule has 192 valence electrons. The molecular weight excluding hydrogens is 740 g/mol. The minimum Gasteiger partial charge on any atom is -0.487 e. The number of nitro benzene ring substituents is 1. The minimum absolute atomic E-state index is 0.0279. The van der Waals surface area contributed by atoms with Crippen LogP contribution < -0.4 is 14.9 Å². The lowest BCUT2D eigenvalue weighted by Crippen LogP contribution is -2.24. The zero-order valence-corrected chi connectivity index (χ0v) is 25.2. The quantitative estimate of drug-likeness (QED) is 0.111. The van der Waals surface area contributed by atoms with Crippen LogP contribution in [-0.2, 0) is 11.4 Å². The Bertz CT molecular complexity index is 1280. The number of rotatable bonds is 10. The molecule has 1 fully saturated rings. The smallest absolute Gasteiger partial charge is 0.277 e. The lowest BCUT2D eigenvalue weighted by Gasteiger charge is -2.11. The maximum atomic E-state index is 12.1. The highest BCUT2D eigenvalue weighted by molar-refractivity contribution is 14.1. The minimum atomic E-state index is -0.428. The fourth-order valence-corrected chi connectivity index (χ4v) is 8.33. The molecule has 1 N–H and O–H groups in total. The molecule has 1 heterocycles. The molecule has 1 saturated heterocycles. The van der Waals surface area contributed by atoms with Crippen molar-refractivity contribution in [3.05, 3.63) is 94.6 Å². The van der Waals surface area contributed by atoms with Crippen LogP contribution in [0.1, 0.15) is 21.3 Å². The van der Waals surface area contributed by atoms with E-state index in [0.29, 0.717) is 21.6 Å². The van der Waals surface area contributed by atoms with Crippen LogP contribution in [0.5, 0.6) is 11.5 Å². The van der Waals surface area contributed by atoms with E-state index in [1.54, 1.807) is 18.3 Å². The molecule has 0 aliphatic carbocycles. The molecule has 37 heavy (non-hydrogen) atoms. The maximum absolute atomic E-state index is 12.1. The number of nitro groups is 1. The summed E-state index contributed by atoms with van der Waals surface area (Å²) in [5, 5.41) is 15.0. The third kappa shape index (κ3) is 8.22. The van der Waals surface area contributed by atoms with Crippen molar-refractivity contribution in [1.82, 2.24) is 5.43 Å². The summed E-state index contributed by atoms with van der Waals surface area (Å²) in [5.41, 5.74) is 5.27. The number of ether oxygens (including phenoxy) is 2. The molecule has 12 heteroatoms. The number of nitrogens with zero attached hydrogens (tertiary/aromatic N) is 2. The number of hydrogen-bond donors (Lipinski definition) is 1. The SMILES string of the molecule is O=C(COc1ccc(C2SCCS2)cc1)N/N=C\c1cc(I)c(OCc2cccc([N+](=O)[O-])c2)c(I)c1. The summed E-state index contributed by atoms with van der Waals surface area (Å²) in [6.07, 6.45) is 1.55. The number of carbonyl (C=O) groups excluding carboxylic acids is 1. The second-order valence-corrected chi connectivity index (χ2v) is 12.8. The number of thioether (sulfide) groups is 2. The van der Waals surface area contributed by atoms with E-state index in [-0.39, 0.29) is 24.8 Å². The van der Waals surface area contributed by atoms with E-state index in [1.165, 1.54) is 29.2 Å². The Labute approximate surface area is 249 Å². The molecule has 0 radical (unpaired) electrons. The van der Waals surface area contributed by atoms with E-state index >= 15 is 0 Å². The van der Waals surface area contributed by atoms with Gasteiger partial charge >= 0.3 is 0 Å². The Hall–Kier alpha value is -2.04. The van der Waals surface area contributed by atoms with Gasteiger partial charge in [-0.05, 0) is 86.1 Å². The summed E-state index contributed by atoms with van der Waals surface area (Å²) in [4.78, 5) is 22.7. The molecule has 0 saturated carbocycles. The fourth-order valence-electron chi connectivity index (χ4n) is 3.34. The first-order chi connectivity index (χ1) is 17.9. The summed E-state index contributed by atoms with van der Waals surface area (Å²) >= 11 is 8.21. The van der Waals surface area contributed by atoms with Gasteiger partial charge in [-0.15, -0.1) is 23.5 Å². The van der Waals surface area contributed by atoms with Crippen molar-refractivity contribution in [2.24, 2.45) is 5.10 Å². The average Bonchev–Trinajstić information content (AvgIpc) is 3.43. The molecule has 0 unspecified atom stereocenters. The van der Waals surface area contributed by atoms with Gasteiger partial charge < -0.3 is 9.47 Å². The van der Waals surface area contributed by atoms with Gasteiger partial charge in [-0.2, -0.15) is 5.10 Å². The first kappa shape index (κ1) is 28.0. The van der Waals surface area contributed by atoms with Gasteiger partial charge in [-0.1, -0.05) is 24.3 Å². The number of non-ortho nitro benzene ring substituents is 1. The zero-order valence-electron chi connectivity index (χ0n) is 19.3. The predicted molar refractivity (Wildman–Crippen MR) is 165 cm³/mol. The third-order valence-electron chi connectivity index (χ3n) is 5.07. The van der Waals surface area contributed by atoms with Crippen molar-refractivity contribution in [2.45, 2.75) is 11.2 Å². The van der Waals surface area contributed by atoms with Gasteiger partial charge in [0.15, 0.2) is 6.61 Å². The van der Waals surface area contributed by atoms with Gasteiger partial charge in [0, 0.05) is 23.6 Å². The third-order valence-corrected chi connectivity index (χ3v) is 9.78. The molecule has 1 aliphatic heterocycles. The van der Waals surface area contributed by atoms with Crippen LogP contribution in [0.25, 0.3) is 0 Å². The van der Waals surface area contributed by atoms with E-state index in [2.05, 4.69) is 55.7 Å². The van der Waals surface area contributed by atoms with Gasteiger partial charge in [0.25, 0.3) is 11.6 Å². The molecule has 0 bridgehead atoms. The standard InChI is InChI=1S/C25H21I2N3O5S2/c26-21-11-17(12-22(27)24(21)35-14-16-2-1-3-19(10-16)30(32)33)13-28-29-23(31)15-34-20-6-4-18(5-7-20)25-36-8-9-37-25/h1-7,10-13,25H,8-9,14-15H2,(H,29,31)/b28-13-. The van der Waals surface area contributed by atoms with Gasteiger partial charge in [-0.3, -0.25) is 14.9 Å². The van der Waals surface area contributed by atoms with Crippen molar-refractivity contribution < 1.29 is 19.2 Å². The van der Waals surface area contributed by atoms with Crippen molar-refractivity contribution in [2.75, 3.05) is 18.1 Å². The van der Waals surface area contributed by atoms with Gasteiger partial charge in [0.1, 0.15) is 18.1 Å².